The Hall–Kier alpha value is -1.23. The van der Waals surface area contributed by atoms with Crippen LogP contribution in [-0.4, -0.2) is 18.2 Å². The maximum Gasteiger partial charge on any atom is 0.355 e. The zero-order valence-electron chi connectivity index (χ0n) is 11.9. The molecule has 2 fully saturated rings. The summed E-state index contributed by atoms with van der Waals surface area (Å²) in [5.41, 5.74) is 0.0000314. The molecular formula is C16H17Cl2NO3. The van der Waals surface area contributed by atoms with E-state index in [9.17, 15) is 4.79 Å². The summed E-state index contributed by atoms with van der Waals surface area (Å²) in [6.45, 7) is 0. The molecule has 0 radical (unpaired) electrons. The van der Waals surface area contributed by atoms with Gasteiger partial charge in [-0.1, -0.05) is 11.6 Å². The average molecular weight is 342 g/mol. The van der Waals surface area contributed by atoms with Crippen molar-refractivity contribution in [3.8, 4) is 5.75 Å². The number of piperidine rings is 1. The minimum Gasteiger partial charge on any atom is -0.490 e. The van der Waals surface area contributed by atoms with Gasteiger partial charge in [0.05, 0.1) is 0 Å². The first-order valence-electron chi connectivity index (χ1n) is 7.33. The maximum atomic E-state index is 11.5. The van der Waals surface area contributed by atoms with E-state index in [2.05, 4.69) is 5.32 Å². The van der Waals surface area contributed by atoms with Crippen molar-refractivity contribution in [2.24, 2.45) is 0 Å². The van der Waals surface area contributed by atoms with Gasteiger partial charge in [0.1, 0.15) is 22.5 Å². The SMILES string of the molecule is Cl.O=c1oc2cc(OC3CC4CCC(C3)N4)ccc2cc1Cl. The van der Waals surface area contributed by atoms with Crippen LogP contribution < -0.4 is 15.7 Å². The minimum atomic E-state index is -0.513. The third-order valence-corrected chi connectivity index (χ3v) is 4.66. The molecule has 4 nitrogen and oxygen atoms in total. The van der Waals surface area contributed by atoms with Crippen LogP contribution in [0.4, 0.5) is 0 Å². The zero-order chi connectivity index (χ0) is 14.4. The van der Waals surface area contributed by atoms with Gasteiger partial charge in [-0.3, -0.25) is 0 Å². The Morgan fingerprint density at radius 1 is 1.18 bits per heavy atom. The smallest absolute Gasteiger partial charge is 0.355 e. The number of hydrogen-bond acceptors (Lipinski definition) is 4. The monoisotopic (exact) mass is 341 g/mol. The molecule has 2 saturated heterocycles. The molecule has 0 amide bonds. The Bertz CT molecular complexity index is 734. The zero-order valence-corrected chi connectivity index (χ0v) is 13.5. The quantitative estimate of drug-likeness (QED) is 0.849. The van der Waals surface area contributed by atoms with Gasteiger partial charge < -0.3 is 14.5 Å². The fraction of sp³-hybridized carbons (Fsp3) is 0.438. The predicted octanol–water partition coefficient (Wildman–Crippen LogP) is 3.53. The molecule has 0 aliphatic carbocycles. The molecule has 118 valence electrons. The molecule has 2 aliphatic rings. The van der Waals surface area contributed by atoms with Gasteiger partial charge in [-0.2, -0.15) is 0 Å². The average Bonchev–Trinajstić information content (AvgIpc) is 2.80. The van der Waals surface area contributed by atoms with Crippen LogP contribution in [0, 0.1) is 0 Å². The maximum absolute atomic E-state index is 11.5. The standard InChI is InChI=1S/C16H16ClNO3.ClH/c17-14-5-9-1-4-12(8-15(9)21-16(14)19)20-13-6-10-2-3-11(7-13)18-10;/h1,4-5,8,10-11,13,18H,2-3,6-7H2;1H. The number of fused-ring (bicyclic) bond motifs is 3. The molecule has 6 heteroatoms. The molecule has 1 N–H and O–H groups in total. The van der Waals surface area contributed by atoms with Crippen molar-refractivity contribution in [1.82, 2.24) is 5.32 Å². The number of benzene rings is 1. The molecule has 2 bridgehead atoms. The van der Waals surface area contributed by atoms with E-state index in [-0.39, 0.29) is 23.5 Å². The Balaban J connectivity index is 0.00000144. The highest BCUT2D eigenvalue weighted by molar-refractivity contribution is 6.30. The van der Waals surface area contributed by atoms with E-state index in [1.54, 1.807) is 12.1 Å². The Labute approximate surface area is 139 Å². The first-order chi connectivity index (χ1) is 10.2. The van der Waals surface area contributed by atoms with E-state index in [1.165, 1.54) is 12.8 Å². The minimum absolute atomic E-state index is 0. The molecule has 0 saturated carbocycles. The van der Waals surface area contributed by atoms with Gasteiger partial charge in [0.2, 0.25) is 0 Å². The fourth-order valence-electron chi connectivity index (χ4n) is 3.43. The second-order valence-corrected chi connectivity index (χ2v) is 6.34. The van der Waals surface area contributed by atoms with Crippen LogP contribution in [0.3, 0.4) is 0 Å². The number of ether oxygens (including phenoxy) is 1. The van der Waals surface area contributed by atoms with E-state index in [0.29, 0.717) is 17.7 Å². The van der Waals surface area contributed by atoms with E-state index in [4.69, 9.17) is 20.8 Å². The van der Waals surface area contributed by atoms with Crippen molar-refractivity contribution in [3.63, 3.8) is 0 Å². The highest BCUT2D eigenvalue weighted by atomic mass is 35.5. The van der Waals surface area contributed by atoms with Crippen LogP contribution in [0.1, 0.15) is 25.7 Å². The first-order valence-corrected chi connectivity index (χ1v) is 7.71. The van der Waals surface area contributed by atoms with E-state index >= 15 is 0 Å². The molecular weight excluding hydrogens is 325 g/mol. The molecule has 2 unspecified atom stereocenters. The Morgan fingerprint density at radius 2 is 1.91 bits per heavy atom. The number of hydrogen-bond donors (Lipinski definition) is 1. The summed E-state index contributed by atoms with van der Waals surface area (Å²) < 4.78 is 11.3. The fourth-order valence-corrected chi connectivity index (χ4v) is 3.59. The lowest BCUT2D eigenvalue weighted by Gasteiger charge is -2.29. The van der Waals surface area contributed by atoms with Gasteiger partial charge in [0, 0.05) is 23.5 Å². The lowest BCUT2D eigenvalue weighted by Crippen LogP contribution is -2.42. The van der Waals surface area contributed by atoms with Crippen molar-refractivity contribution >= 4 is 35.0 Å². The Kier molecular flexibility index (Phi) is 4.35. The largest absolute Gasteiger partial charge is 0.490 e. The summed E-state index contributed by atoms with van der Waals surface area (Å²) in [5.74, 6) is 0.749. The molecule has 0 spiro atoms. The summed E-state index contributed by atoms with van der Waals surface area (Å²) in [4.78, 5) is 11.5. The van der Waals surface area contributed by atoms with Crippen molar-refractivity contribution in [3.05, 3.63) is 39.7 Å². The predicted molar refractivity (Wildman–Crippen MR) is 88.3 cm³/mol. The summed E-state index contributed by atoms with van der Waals surface area (Å²) in [5, 5.41) is 4.50. The third-order valence-electron chi connectivity index (χ3n) is 4.40. The van der Waals surface area contributed by atoms with Crippen LogP contribution in [-0.2, 0) is 0 Å². The molecule has 1 aromatic carbocycles. The number of halogens is 2. The molecule has 2 aliphatic heterocycles. The highest BCUT2D eigenvalue weighted by Gasteiger charge is 2.34. The first kappa shape index (κ1) is 15.7. The van der Waals surface area contributed by atoms with Crippen LogP contribution >= 0.6 is 24.0 Å². The number of nitrogens with one attached hydrogen (secondary N) is 1. The normalized spacial score (nSPS) is 26.7. The van der Waals surface area contributed by atoms with E-state index in [0.717, 1.165) is 24.0 Å². The lowest BCUT2D eigenvalue weighted by molar-refractivity contribution is 0.137. The molecule has 22 heavy (non-hydrogen) atoms. The third kappa shape index (κ3) is 2.96. The van der Waals surface area contributed by atoms with Gasteiger partial charge in [-0.05, 0) is 43.9 Å². The van der Waals surface area contributed by atoms with Crippen molar-refractivity contribution in [2.75, 3.05) is 0 Å². The lowest BCUT2D eigenvalue weighted by atomic mass is 10.0. The summed E-state index contributed by atoms with van der Waals surface area (Å²) >= 11 is 5.78. The van der Waals surface area contributed by atoms with E-state index in [1.807, 2.05) is 12.1 Å². The van der Waals surface area contributed by atoms with Crippen molar-refractivity contribution < 1.29 is 9.15 Å². The molecule has 4 rings (SSSR count). The highest BCUT2D eigenvalue weighted by Crippen LogP contribution is 2.30. The summed E-state index contributed by atoms with van der Waals surface area (Å²) in [7, 11) is 0. The van der Waals surface area contributed by atoms with Crippen LogP contribution in [0.15, 0.2) is 33.5 Å². The number of rotatable bonds is 2. The van der Waals surface area contributed by atoms with Crippen LogP contribution in [0.25, 0.3) is 11.0 Å². The van der Waals surface area contributed by atoms with Crippen LogP contribution in [0.5, 0.6) is 5.75 Å². The summed E-state index contributed by atoms with van der Waals surface area (Å²) in [6, 6.07) is 8.35. The second kappa shape index (κ2) is 6.11. The Morgan fingerprint density at radius 3 is 2.64 bits per heavy atom. The van der Waals surface area contributed by atoms with Gasteiger partial charge in [-0.25, -0.2) is 4.79 Å². The van der Waals surface area contributed by atoms with Crippen LogP contribution in [0.2, 0.25) is 5.02 Å². The second-order valence-electron chi connectivity index (χ2n) is 5.93. The van der Waals surface area contributed by atoms with E-state index < -0.39 is 5.63 Å². The van der Waals surface area contributed by atoms with Gasteiger partial charge >= 0.3 is 5.63 Å². The van der Waals surface area contributed by atoms with Crippen molar-refractivity contribution in [2.45, 2.75) is 43.9 Å². The van der Waals surface area contributed by atoms with Gasteiger partial charge in [0.25, 0.3) is 0 Å². The topological polar surface area (TPSA) is 51.5 Å². The van der Waals surface area contributed by atoms with Gasteiger partial charge in [-0.15, -0.1) is 12.4 Å². The summed E-state index contributed by atoms with van der Waals surface area (Å²) in [6.07, 6.45) is 4.81. The van der Waals surface area contributed by atoms with Crippen molar-refractivity contribution in [1.29, 1.82) is 0 Å². The molecule has 2 atom stereocenters. The van der Waals surface area contributed by atoms with Gasteiger partial charge in [0.15, 0.2) is 0 Å². The molecule has 1 aromatic heterocycles. The molecule has 2 aromatic rings. The molecule has 3 heterocycles.